The van der Waals surface area contributed by atoms with Gasteiger partial charge in [0.25, 0.3) is 5.91 Å². The van der Waals surface area contributed by atoms with Crippen molar-refractivity contribution in [1.29, 1.82) is 0 Å². The van der Waals surface area contributed by atoms with Crippen molar-refractivity contribution in [3.05, 3.63) is 54.3 Å². The Bertz CT molecular complexity index is 1090. The van der Waals surface area contributed by atoms with Crippen LogP contribution in [0.25, 0.3) is 0 Å². The number of nitrogens with one attached hydrogen (secondary N) is 1. The number of hydrogen-bond acceptors (Lipinski definition) is 5. The van der Waals surface area contributed by atoms with Gasteiger partial charge < -0.3 is 19.9 Å². The van der Waals surface area contributed by atoms with Crippen LogP contribution in [0.5, 0.6) is 5.75 Å². The molecule has 0 aliphatic carbocycles. The van der Waals surface area contributed by atoms with Crippen LogP contribution < -0.4 is 15.0 Å². The fraction of sp³-hybridized carbons (Fsp3) is 0.444. The number of rotatable bonds is 9. The number of thiocarbonyl (C=S) groups is 1. The van der Waals surface area contributed by atoms with Crippen molar-refractivity contribution >= 4 is 40.5 Å². The molecule has 0 aromatic heterocycles. The summed E-state index contributed by atoms with van der Waals surface area (Å²) in [6.45, 7) is 5.97. The van der Waals surface area contributed by atoms with Gasteiger partial charge in [-0.1, -0.05) is 13.0 Å². The average Bonchev–Trinajstić information content (AvgIpc) is 3.10. The number of amides is 2. The van der Waals surface area contributed by atoms with Gasteiger partial charge in [0.2, 0.25) is 5.91 Å². The van der Waals surface area contributed by atoms with Crippen LogP contribution in [0.1, 0.15) is 32.6 Å². The maximum atomic E-state index is 13.7. The number of nitrogens with zero attached hydrogens (tertiary/aromatic N) is 3. The van der Waals surface area contributed by atoms with Crippen molar-refractivity contribution in [2.45, 2.75) is 38.6 Å². The lowest BCUT2D eigenvalue weighted by atomic mass is 9.95. The van der Waals surface area contributed by atoms with Gasteiger partial charge in [-0.2, -0.15) is 0 Å². The van der Waals surface area contributed by atoms with E-state index in [0.29, 0.717) is 34.7 Å². The van der Waals surface area contributed by atoms with Crippen LogP contribution in [0.4, 0.5) is 15.8 Å². The molecule has 2 saturated heterocycles. The zero-order valence-corrected chi connectivity index (χ0v) is 21.6. The van der Waals surface area contributed by atoms with Crippen LogP contribution in [-0.4, -0.2) is 66.1 Å². The van der Waals surface area contributed by atoms with Crippen molar-refractivity contribution < 1.29 is 18.7 Å². The van der Waals surface area contributed by atoms with Crippen molar-refractivity contribution in [3.63, 3.8) is 0 Å². The van der Waals surface area contributed by atoms with E-state index in [1.165, 1.54) is 29.2 Å². The summed E-state index contributed by atoms with van der Waals surface area (Å²) in [5, 5.41) is 3.18. The number of anilines is 2. The van der Waals surface area contributed by atoms with Crippen LogP contribution in [0.15, 0.2) is 48.5 Å². The summed E-state index contributed by atoms with van der Waals surface area (Å²) in [5.41, 5.74) is 1.10. The minimum atomic E-state index is -0.710. The second kappa shape index (κ2) is 11.8. The first kappa shape index (κ1) is 26.0. The third kappa shape index (κ3) is 6.02. The highest BCUT2D eigenvalue weighted by Gasteiger charge is 2.45. The number of hydrogen-bond donors (Lipinski definition) is 1. The summed E-state index contributed by atoms with van der Waals surface area (Å²) < 4.78 is 18.6. The largest absolute Gasteiger partial charge is 0.497 e. The fourth-order valence-electron chi connectivity index (χ4n) is 4.94. The molecule has 1 N–H and O–H groups in total. The minimum Gasteiger partial charge on any atom is -0.497 e. The fourth-order valence-corrected chi connectivity index (χ4v) is 5.33. The summed E-state index contributed by atoms with van der Waals surface area (Å²) >= 11 is 5.81. The Hall–Kier alpha value is -3.04. The van der Waals surface area contributed by atoms with E-state index in [-0.39, 0.29) is 24.1 Å². The van der Waals surface area contributed by atoms with Gasteiger partial charge in [0.1, 0.15) is 17.6 Å². The van der Waals surface area contributed by atoms with Crippen LogP contribution in [0, 0.1) is 11.7 Å². The molecule has 0 saturated carbocycles. The van der Waals surface area contributed by atoms with Crippen LogP contribution >= 0.6 is 12.2 Å². The first-order valence-electron chi connectivity index (χ1n) is 12.5. The predicted molar refractivity (Wildman–Crippen MR) is 143 cm³/mol. The van der Waals surface area contributed by atoms with Gasteiger partial charge in [0.05, 0.1) is 19.2 Å². The predicted octanol–water partition coefficient (Wildman–Crippen LogP) is 4.29. The molecule has 9 heteroatoms. The van der Waals surface area contributed by atoms with E-state index in [0.717, 1.165) is 38.9 Å². The monoisotopic (exact) mass is 512 g/mol. The first-order chi connectivity index (χ1) is 17.4. The van der Waals surface area contributed by atoms with Gasteiger partial charge >= 0.3 is 0 Å². The number of piperidine rings is 1. The highest BCUT2D eigenvalue weighted by Crippen LogP contribution is 2.31. The molecule has 2 aromatic rings. The molecular formula is C27H33FN4O3S. The molecule has 1 atom stereocenters. The first-order valence-corrected chi connectivity index (χ1v) is 12.9. The third-order valence-electron chi connectivity index (χ3n) is 6.84. The smallest absolute Gasteiger partial charge is 0.256 e. The van der Waals surface area contributed by atoms with E-state index < -0.39 is 6.04 Å². The van der Waals surface area contributed by atoms with E-state index in [1.807, 2.05) is 23.1 Å². The number of carbonyl (C=O) groups excluding carboxylic acids is 2. The Kier molecular flexibility index (Phi) is 8.53. The Morgan fingerprint density at radius 1 is 1.17 bits per heavy atom. The molecule has 0 bridgehead atoms. The van der Waals surface area contributed by atoms with Crippen LogP contribution in [-0.2, 0) is 9.59 Å². The van der Waals surface area contributed by atoms with Crippen LogP contribution in [0.2, 0.25) is 0 Å². The third-order valence-corrected chi connectivity index (χ3v) is 7.26. The van der Waals surface area contributed by atoms with E-state index >= 15 is 0 Å². The van der Waals surface area contributed by atoms with Crippen molar-refractivity contribution in [3.8, 4) is 5.75 Å². The Balaban J connectivity index is 1.53. The van der Waals surface area contributed by atoms with Crippen LogP contribution in [0.3, 0.4) is 0 Å². The topological polar surface area (TPSA) is 65.1 Å². The summed E-state index contributed by atoms with van der Waals surface area (Å²) in [5.74, 6) is 0.0746. The zero-order chi connectivity index (χ0) is 25.7. The van der Waals surface area contributed by atoms with Gasteiger partial charge in [-0.15, -0.1) is 0 Å². The number of benzene rings is 2. The molecule has 2 aliphatic rings. The van der Waals surface area contributed by atoms with Gasteiger partial charge in [0, 0.05) is 18.3 Å². The molecule has 36 heavy (non-hydrogen) atoms. The normalized spacial score (nSPS) is 19.1. The summed E-state index contributed by atoms with van der Waals surface area (Å²) in [6, 6.07) is 12.1. The SMILES string of the molecule is CCCN1CCC(CN2C(=S)N(c3cccc(OC)c3)C(=O)C2CC(=O)Nc2ccc(F)cc2)CC1. The molecule has 1 unspecified atom stereocenters. The van der Waals surface area contributed by atoms with Crippen molar-refractivity contribution in [2.75, 3.05) is 43.5 Å². The van der Waals surface area contributed by atoms with Gasteiger partial charge in [-0.3, -0.25) is 14.5 Å². The minimum absolute atomic E-state index is 0.0501. The van der Waals surface area contributed by atoms with E-state index in [9.17, 15) is 14.0 Å². The second-order valence-electron chi connectivity index (χ2n) is 9.37. The molecule has 2 heterocycles. The molecule has 192 valence electrons. The molecular weight excluding hydrogens is 479 g/mol. The number of methoxy groups -OCH3 is 1. The Morgan fingerprint density at radius 2 is 1.89 bits per heavy atom. The van der Waals surface area contributed by atoms with Crippen molar-refractivity contribution in [1.82, 2.24) is 9.80 Å². The second-order valence-corrected chi connectivity index (χ2v) is 9.74. The van der Waals surface area contributed by atoms with Gasteiger partial charge in [0.15, 0.2) is 5.11 Å². The highest BCUT2D eigenvalue weighted by atomic mass is 32.1. The summed E-state index contributed by atoms with van der Waals surface area (Å²) in [4.78, 5) is 32.5. The molecule has 2 aromatic carbocycles. The number of likely N-dealkylation sites (tertiary alicyclic amines) is 1. The lowest BCUT2D eigenvalue weighted by Gasteiger charge is -2.35. The zero-order valence-electron chi connectivity index (χ0n) is 20.8. The summed E-state index contributed by atoms with van der Waals surface area (Å²) in [6.07, 6.45) is 3.14. The average molecular weight is 513 g/mol. The number of carbonyl (C=O) groups is 2. The summed E-state index contributed by atoms with van der Waals surface area (Å²) in [7, 11) is 1.57. The Labute approximate surface area is 217 Å². The maximum Gasteiger partial charge on any atom is 0.256 e. The van der Waals surface area contributed by atoms with Crippen molar-refractivity contribution in [2.24, 2.45) is 5.92 Å². The lowest BCUT2D eigenvalue weighted by Crippen LogP contribution is -2.44. The molecule has 0 spiro atoms. The number of ether oxygens (including phenoxy) is 1. The van der Waals surface area contributed by atoms with E-state index in [1.54, 1.807) is 13.2 Å². The van der Waals surface area contributed by atoms with E-state index in [4.69, 9.17) is 17.0 Å². The molecule has 0 radical (unpaired) electrons. The molecule has 4 rings (SSSR count). The molecule has 2 amide bonds. The Morgan fingerprint density at radius 3 is 2.56 bits per heavy atom. The lowest BCUT2D eigenvalue weighted by molar-refractivity contribution is -0.124. The number of halogens is 1. The van der Waals surface area contributed by atoms with Gasteiger partial charge in [-0.05, 0) is 93.4 Å². The standard InChI is InChI=1S/C27H33FN4O3S/c1-3-13-30-14-11-19(12-15-30)18-31-24(17-25(33)29-21-9-7-20(28)8-10-21)26(34)32(27(31)36)22-5-4-6-23(16-22)35-2/h4-10,16,19,24H,3,11-15,17-18H2,1-2H3,(H,29,33). The molecule has 2 aliphatic heterocycles. The maximum absolute atomic E-state index is 13.7. The highest BCUT2D eigenvalue weighted by molar-refractivity contribution is 7.80. The van der Waals surface area contributed by atoms with E-state index in [2.05, 4.69) is 17.1 Å². The molecule has 7 nitrogen and oxygen atoms in total. The van der Waals surface area contributed by atoms with Gasteiger partial charge in [-0.25, -0.2) is 4.39 Å². The molecule has 2 fully saturated rings. The quantitative estimate of drug-likeness (QED) is 0.506.